The molecule has 0 amide bonds. The molecule has 0 radical (unpaired) electrons. The van der Waals surface area contributed by atoms with Gasteiger partial charge in [0.05, 0.1) is 0 Å². The molecule has 0 fully saturated rings. The standard InChI is InChI=1S/C9H14N4O8/c10-7(11)13-2-1-8(3(14)15,4(16)17)9(12,5(18)19)6(20)21/h1-2,12H2,(H,14,15)(H,16,17)(H,18,19)(H,20,21)(H4,10,11,13). The monoisotopic (exact) mass is 306 g/mol. The number of rotatable bonds is 8. The first kappa shape index (κ1) is 18.1. The van der Waals surface area contributed by atoms with Crippen LogP contribution in [0, 0.1) is 5.41 Å². The molecule has 118 valence electrons. The second-order valence-corrected chi connectivity index (χ2v) is 3.99. The van der Waals surface area contributed by atoms with Crippen LogP contribution >= 0.6 is 0 Å². The first-order chi connectivity index (χ1) is 9.44. The summed E-state index contributed by atoms with van der Waals surface area (Å²) in [5.41, 5.74) is 8.06. The van der Waals surface area contributed by atoms with Crippen LogP contribution in [0.25, 0.3) is 0 Å². The van der Waals surface area contributed by atoms with Crippen molar-refractivity contribution in [2.45, 2.75) is 12.0 Å². The average Bonchev–Trinajstić information content (AvgIpc) is 2.31. The number of carboxylic acid groups (broad SMARTS) is 4. The summed E-state index contributed by atoms with van der Waals surface area (Å²) in [4.78, 5) is 48.1. The Kier molecular flexibility index (Phi) is 5.21. The fourth-order valence-electron chi connectivity index (χ4n) is 1.65. The summed E-state index contributed by atoms with van der Waals surface area (Å²) < 4.78 is 0. The van der Waals surface area contributed by atoms with Gasteiger partial charge in [-0.15, -0.1) is 0 Å². The van der Waals surface area contributed by atoms with Crippen LogP contribution in [0.4, 0.5) is 0 Å². The van der Waals surface area contributed by atoms with E-state index in [4.69, 9.17) is 37.6 Å². The van der Waals surface area contributed by atoms with Gasteiger partial charge in [0.2, 0.25) is 11.0 Å². The van der Waals surface area contributed by atoms with Crippen molar-refractivity contribution in [3.63, 3.8) is 0 Å². The van der Waals surface area contributed by atoms with E-state index >= 15 is 0 Å². The lowest BCUT2D eigenvalue weighted by atomic mass is 9.67. The van der Waals surface area contributed by atoms with Gasteiger partial charge in [-0.3, -0.25) is 14.6 Å². The molecule has 0 atom stereocenters. The highest BCUT2D eigenvalue weighted by Crippen LogP contribution is 2.35. The minimum absolute atomic E-state index is 0.520. The van der Waals surface area contributed by atoms with Crippen molar-refractivity contribution in [1.82, 2.24) is 0 Å². The maximum atomic E-state index is 11.3. The third kappa shape index (κ3) is 2.84. The van der Waals surface area contributed by atoms with Gasteiger partial charge < -0.3 is 37.6 Å². The Balaban J connectivity index is 6.19. The number of aliphatic carboxylic acids is 4. The summed E-state index contributed by atoms with van der Waals surface area (Å²) in [6.07, 6.45) is -1.05. The van der Waals surface area contributed by atoms with E-state index in [1.807, 2.05) is 0 Å². The van der Waals surface area contributed by atoms with Crippen molar-refractivity contribution in [1.29, 1.82) is 0 Å². The SMILES string of the molecule is NC(N)=NCCC(C(=O)O)(C(=O)O)C(N)(C(=O)O)C(=O)O. The van der Waals surface area contributed by atoms with Gasteiger partial charge in [-0.2, -0.15) is 0 Å². The first-order valence-corrected chi connectivity index (χ1v) is 5.22. The molecule has 0 aromatic carbocycles. The Bertz CT molecular complexity index is 482. The van der Waals surface area contributed by atoms with Crippen LogP contribution in [0.1, 0.15) is 6.42 Å². The van der Waals surface area contributed by atoms with E-state index in [0.29, 0.717) is 0 Å². The number of nitrogens with two attached hydrogens (primary N) is 3. The summed E-state index contributed by atoms with van der Waals surface area (Å²) in [6.45, 7) is -0.652. The number of hydrogen-bond acceptors (Lipinski definition) is 6. The normalized spacial score (nSPS) is 11.5. The van der Waals surface area contributed by atoms with Crippen molar-refractivity contribution in [3.8, 4) is 0 Å². The van der Waals surface area contributed by atoms with Gasteiger partial charge in [0, 0.05) is 6.54 Å². The van der Waals surface area contributed by atoms with Crippen molar-refractivity contribution in [2.75, 3.05) is 6.54 Å². The molecular formula is C9H14N4O8. The van der Waals surface area contributed by atoms with E-state index in [1.165, 1.54) is 0 Å². The van der Waals surface area contributed by atoms with Gasteiger partial charge in [-0.05, 0) is 6.42 Å². The highest BCUT2D eigenvalue weighted by Gasteiger charge is 2.69. The maximum Gasteiger partial charge on any atom is 0.337 e. The summed E-state index contributed by atoms with van der Waals surface area (Å²) in [5.74, 6) is -9.66. The third-order valence-electron chi connectivity index (χ3n) is 2.86. The van der Waals surface area contributed by atoms with Crippen molar-refractivity contribution < 1.29 is 39.6 Å². The second kappa shape index (κ2) is 6.04. The minimum Gasteiger partial charge on any atom is -0.480 e. The lowest BCUT2D eigenvalue weighted by molar-refractivity contribution is -0.185. The smallest absolute Gasteiger partial charge is 0.337 e. The Morgan fingerprint density at radius 2 is 1.24 bits per heavy atom. The molecule has 10 N–H and O–H groups in total. The summed E-state index contributed by atoms with van der Waals surface area (Å²) in [6, 6.07) is 0. The maximum absolute atomic E-state index is 11.3. The van der Waals surface area contributed by atoms with Gasteiger partial charge >= 0.3 is 23.9 Å². The fraction of sp³-hybridized carbons (Fsp3) is 0.444. The van der Waals surface area contributed by atoms with Gasteiger partial charge in [-0.25, -0.2) is 9.59 Å². The second-order valence-electron chi connectivity index (χ2n) is 3.99. The van der Waals surface area contributed by atoms with Crippen LogP contribution in [0.2, 0.25) is 0 Å². The number of aliphatic imine (C=N–C) groups is 1. The number of hydrogen-bond donors (Lipinski definition) is 7. The van der Waals surface area contributed by atoms with Crippen LogP contribution in [-0.4, -0.2) is 62.3 Å². The lowest BCUT2D eigenvalue weighted by Gasteiger charge is -2.35. The van der Waals surface area contributed by atoms with Crippen molar-refractivity contribution >= 4 is 29.8 Å². The largest absolute Gasteiger partial charge is 0.480 e. The molecule has 0 rings (SSSR count). The number of carbonyl (C=O) groups is 4. The molecule has 0 aromatic heterocycles. The molecule has 0 aliphatic rings. The lowest BCUT2D eigenvalue weighted by Crippen LogP contribution is -2.71. The highest BCUT2D eigenvalue weighted by molar-refractivity contribution is 6.16. The topological polar surface area (TPSA) is 240 Å². The molecule has 0 saturated carbocycles. The van der Waals surface area contributed by atoms with Gasteiger partial charge in [-0.1, -0.05) is 0 Å². The number of carboxylic acids is 4. The summed E-state index contributed by atoms with van der Waals surface area (Å²) >= 11 is 0. The molecule has 0 saturated heterocycles. The molecule has 12 heteroatoms. The van der Waals surface area contributed by atoms with Crippen LogP contribution < -0.4 is 17.2 Å². The molecule has 0 aliphatic carbocycles. The zero-order valence-electron chi connectivity index (χ0n) is 10.5. The first-order valence-electron chi connectivity index (χ1n) is 5.22. The van der Waals surface area contributed by atoms with Crippen LogP contribution in [0.3, 0.4) is 0 Å². The zero-order valence-corrected chi connectivity index (χ0v) is 10.5. The highest BCUT2D eigenvalue weighted by atomic mass is 16.4. The quantitative estimate of drug-likeness (QED) is 0.133. The minimum atomic E-state index is -3.62. The molecule has 0 aromatic rings. The van der Waals surface area contributed by atoms with Crippen LogP contribution in [0.5, 0.6) is 0 Å². The molecule has 12 nitrogen and oxygen atoms in total. The van der Waals surface area contributed by atoms with E-state index < -0.39 is 53.8 Å². The molecule has 21 heavy (non-hydrogen) atoms. The van der Waals surface area contributed by atoms with Crippen molar-refractivity contribution in [2.24, 2.45) is 27.6 Å². The van der Waals surface area contributed by atoms with Gasteiger partial charge in [0.15, 0.2) is 5.96 Å². The van der Waals surface area contributed by atoms with E-state index in [0.717, 1.165) is 0 Å². The summed E-state index contributed by atoms with van der Waals surface area (Å²) in [7, 11) is 0. The summed E-state index contributed by atoms with van der Waals surface area (Å²) in [5, 5.41) is 36.0. The average molecular weight is 306 g/mol. The van der Waals surface area contributed by atoms with E-state index in [2.05, 4.69) is 4.99 Å². The third-order valence-corrected chi connectivity index (χ3v) is 2.86. The molecule has 0 heterocycles. The van der Waals surface area contributed by atoms with E-state index in [9.17, 15) is 19.2 Å². The molecule has 0 unspecified atom stereocenters. The Morgan fingerprint density at radius 1 is 0.857 bits per heavy atom. The molecule has 0 bridgehead atoms. The van der Waals surface area contributed by atoms with E-state index in [1.54, 1.807) is 0 Å². The zero-order chi connectivity index (χ0) is 17.0. The number of guanidine groups is 1. The predicted molar refractivity (Wildman–Crippen MR) is 65.2 cm³/mol. The Hall–Kier alpha value is -2.89. The van der Waals surface area contributed by atoms with Gasteiger partial charge in [0.25, 0.3) is 0 Å². The predicted octanol–water partition coefficient (Wildman–Crippen LogP) is -3.33. The van der Waals surface area contributed by atoms with Gasteiger partial charge in [0.1, 0.15) is 0 Å². The van der Waals surface area contributed by atoms with Crippen LogP contribution in [0.15, 0.2) is 4.99 Å². The molecule has 0 aliphatic heterocycles. The Labute approximate surface area is 116 Å². The van der Waals surface area contributed by atoms with Crippen LogP contribution in [-0.2, 0) is 19.2 Å². The Morgan fingerprint density at radius 3 is 1.48 bits per heavy atom. The van der Waals surface area contributed by atoms with E-state index in [-0.39, 0.29) is 0 Å². The fourth-order valence-corrected chi connectivity index (χ4v) is 1.65. The molecule has 0 spiro atoms. The molecular weight excluding hydrogens is 292 g/mol. The van der Waals surface area contributed by atoms with Crippen molar-refractivity contribution in [3.05, 3.63) is 0 Å². The number of nitrogens with zero attached hydrogens (tertiary/aromatic N) is 1.